The van der Waals surface area contributed by atoms with E-state index in [1.165, 1.54) is 35.1 Å². The average Bonchev–Trinajstić information content (AvgIpc) is 3.63. The first-order valence-corrected chi connectivity index (χ1v) is 12.6. The fraction of sp³-hybridized carbons (Fsp3) is 0.214. The number of fused-ring (bicyclic) bond motifs is 1. The smallest absolute Gasteiger partial charge is 0.293 e. The van der Waals surface area contributed by atoms with Gasteiger partial charge in [-0.3, -0.25) is 14.7 Å². The third-order valence-electron chi connectivity index (χ3n) is 6.98. The Morgan fingerprint density at radius 1 is 0.925 bits per heavy atom. The molecule has 1 aliphatic rings. The van der Waals surface area contributed by atoms with Crippen LogP contribution in [0.15, 0.2) is 67.1 Å². The van der Waals surface area contributed by atoms with Crippen LogP contribution < -0.4 is 0 Å². The standard InChI is InChI=1S/C28H24F2N8O2/c1-28(2)15-36(27(40)24-31-16-32-34-24)11-12-37(28)26(39)23-14-38-25(33-23)21(17-3-7-19(29)8-4-17)13-22(35-38)18-5-9-20(30)10-6-18/h3-10,13-14,16H,11-12,15H2,1-2H3,(H,31,32,34). The molecule has 5 aromatic rings. The highest BCUT2D eigenvalue weighted by Crippen LogP contribution is 2.30. The summed E-state index contributed by atoms with van der Waals surface area (Å²) in [5.41, 5.74) is 2.40. The van der Waals surface area contributed by atoms with E-state index in [4.69, 9.17) is 0 Å². The Morgan fingerprint density at radius 2 is 1.60 bits per heavy atom. The van der Waals surface area contributed by atoms with Crippen molar-refractivity contribution in [3.05, 3.63) is 90.3 Å². The van der Waals surface area contributed by atoms with E-state index in [-0.39, 0.29) is 48.1 Å². The highest BCUT2D eigenvalue weighted by molar-refractivity contribution is 5.95. The van der Waals surface area contributed by atoms with Crippen molar-refractivity contribution in [3.63, 3.8) is 0 Å². The minimum Gasteiger partial charge on any atom is -0.332 e. The predicted molar refractivity (Wildman–Crippen MR) is 141 cm³/mol. The van der Waals surface area contributed by atoms with Gasteiger partial charge in [0.2, 0.25) is 5.82 Å². The van der Waals surface area contributed by atoms with Gasteiger partial charge in [0, 0.05) is 30.8 Å². The molecule has 1 N–H and O–H groups in total. The number of hydrogen-bond donors (Lipinski definition) is 1. The number of piperazine rings is 1. The monoisotopic (exact) mass is 542 g/mol. The van der Waals surface area contributed by atoms with E-state index in [2.05, 4.69) is 25.3 Å². The van der Waals surface area contributed by atoms with Crippen LogP contribution in [-0.4, -0.2) is 76.6 Å². The van der Waals surface area contributed by atoms with Crippen molar-refractivity contribution >= 4 is 17.5 Å². The zero-order valence-corrected chi connectivity index (χ0v) is 21.7. The fourth-order valence-corrected chi connectivity index (χ4v) is 4.98. The summed E-state index contributed by atoms with van der Waals surface area (Å²) in [4.78, 5) is 38.5. The normalized spacial score (nSPS) is 15.0. The lowest BCUT2D eigenvalue weighted by atomic mass is 9.98. The zero-order chi connectivity index (χ0) is 28.0. The Labute approximate surface area is 227 Å². The average molecular weight is 543 g/mol. The molecule has 0 saturated carbocycles. The van der Waals surface area contributed by atoms with Crippen LogP contribution in [0.5, 0.6) is 0 Å². The van der Waals surface area contributed by atoms with Crippen LogP contribution in [0.1, 0.15) is 35.0 Å². The van der Waals surface area contributed by atoms with Crippen molar-refractivity contribution in [1.82, 2.24) is 39.6 Å². The van der Waals surface area contributed by atoms with Crippen LogP contribution in [0.25, 0.3) is 28.0 Å². The summed E-state index contributed by atoms with van der Waals surface area (Å²) >= 11 is 0. The molecule has 2 amide bonds. The minimum atomic E-state index is -0.705. The number of amides is 2. The largest absolute Gasteiger partial charge is 0.332 e. The van der Waals surface area contributed by atoms with E-state index >= 15 is 0 Å². The molecule has 6 rings (SSSR count). The number of hydrogen-bond acceptors (Lipinski definition) is 6. The van der Waals surface area contributed by atoms with E-state index in [1.807, 2.05) is 13.8 Å². The number of carbonyl (C=O) groups excluding carboxylic acids is 2. The van der Waals surface area contributed by atoms with Gasteiger partial charge in [-0.1, -0.05) is 12.1 Å². The Balaban J connectivity index is 1.36. The number of nitrogens with one attached hydrogen (secondary N) is 1. The summed E-state index contributed by atoms with van der Waals surface area (Å²) in [7, 11) is 0. The lowest BCUT2D eigenvalue weighted by molar-refractivity contribution is 0.0160. The predicted octanol–water partition coefficient (Wildman–Crippen LogP) is 3.84. The Morgan fingerprint density at radius 3 is 2.23 bits per heavy atom. The second-order valence-corrected chi connectivity index (χ2v) is 10.2. The van der Waals surface area contributed by atoms with Gasteiger partial charge in [0.15, 0.2) is 5.65 Å². The molecule has 1 aliphatic heterocycles. The Kier molecular flexibility index (Phi) is 6.09. The first kappa shape index (κ1) is 25.3. The van der Waals surface area contributed by atoms with Crippen molar-refractivity contribution in [1.29, 1.82) is 0 Å². The molecule has 0 spiro atoms. The second-order valence-electron chi connectivity index (χ2n) is 10.2. The van der Waals surface area contributed by atoms with Crippen LogP contribution in [0.3, 0.4) is 0 Å². The summed E-state index contributed by atoms with van der Waals surface area (Å²) in [5, 5.41) is 11.1. The highest BCUT2D eigenvalue weighted by atomic mass is 19.1. The van der Waals surface area contributed by atoms with Gasteiger partial charge in [-0.15, -0.1) is 5.10 Å². The summed E-state index contributed by atoms with van der Waals surface area (Å²) in [6.07, 6.45) is 2.90. The fourth-order valence-electron chi connectivity index (χ4n) is 4.98. The molecule has 0 atom stereocenters. The third-order valence-corrected chi connectivity index (χ3v) is 6.98. The van der Waals surface area contributed by atoms with Gasteiger partial charge in [0.05, 0.1) is 17.4 Å². The summed E-state index contributed by atoms with van der Waals surface area (Å²) in [6, 6.07) is 13.7. The van der Waals surface area contributed by atoms with E-state index < -0.39 is 5.54 Å². The number of rotatable bonds is 4. The minimum absolute atomic E-state index is 0.0762. The van der Waals surface area contributed by atoms with Crippen molar-refractivity contribution < 1.29 is 18.4 Å². The molecular formula is C28H24F2N8O2. The van der Waals surface area contributed by atoms with Crippen LogP contribution in [0.4, 0.5) is 8.78 Å². The number of aromatic amines is 1. The topological polar surface area (TPSA) is 112 Å². The van der Waals surface area contributed by atoms with Crippen molar-refractivity contribution in [3.8, 4) is 22.4 Å². The van der Waals surface area contributed by atoms with Gasteiger partial charge in [0.1, 0.15) is 23.7 Å². The van der Waals surface area contributed by atoms with E-state index in [0.29, 0.717) is 34.6 Å². The van der Waals surface area contributed by atoms with Gasteiger partial charge >= 0.3 is 0 Å². The molecule has 0 radical (unpaired) electrons. The number of H-pyrrole nitrogens is 1. The van der Waals surface area contributed by atoms with Gasteiger partial charge < -0.3 is 9.80 Å². The molecule has 12 heteroatoms. The summed E-state index contributed by atoms with van der Waals surface area (Å²) in [6.45, 7) is 4.64. The molecule has 2 aromatic carbocycles. The maximum atomic E-state index is 13.8. The van der Waals surface area contributed by atoms with Crippen molar-refractivity contribution in [2.45, 2.75) is 19.4 Å². The van der Waals surface area contributed by atoms with Crippen molar-refractivity contribution in [2.75, 3.05) is 19.6 Å². The van der Waals surface area contributed by atoms with Crippen LogP contribution in [0, 0.1) is 11.6 Å². The van der Waals surface area contributed by atoms with Gasteiger partial charge in [-0.05, 0) is 61.9 Å². The number of aromatic nitrogens is 6. The molecule has 10 nitrogen and oxygen atoms in total. The summed E-state index contributed by atoms with van der Waals surface area (Å²) in [5.74, 6) is -1.30. The van der Waals surface area contributed by atoms with Crippen LogP contribution in [-0.2, 0) is 0 Å². The van der Waals surface area contributed by atoms with Gasteiger partial charge in [-0.2, -0.15) is 5.10 Å². The molecule has 0 aliphatic carbocycles. The van der Waals surface area contributed by atoms with E-state index in [0.717, 1.165) is 0 Å². The molecule has 4 heterocycles. The van der Waals surface area contributed by atoms with Gasteiger partial charge in [0.25, 0.3) is 11.8 Å². The Bertz CT molecular complexity index is 1710. The van der Waals surface area contributed by atoms with Crippen molar-refractivity contribution in [2.24, 2.45) is 0 Å². The second kappa shape index (κ2) is 9.63. The zero-order valence-electron chi connectivity index (χ0n) is 21.7. The van der Waals surface area contributed by atoms with E-state index in [9.17, 15) is 18.4 Å². The molecule has 1 fully saturated rings. The molecule has 0 unspecified atom stereocenters. The number of benzene rings is 2. The lowest BCUT2D eigenvalue weighted by Crippen LogP contribution is -2.62. The molecule has 202 valence electrons. The number of halogens is 2. The molecule has 40 heavy (non-hydrogen) atoms. The first-order valence-electron chi connectivity index (χ1n) is 12.6. The number of carbonyl (C=O) groups is 2. The number of nitrogens with zero attached hydrogens (tertiary/aromatic N) is 7. The molecular weight excluding hydrogens is 518 g/mol. The molecule has 0 bridgehead atoms. The summed E-state index contributed by atoms with van der Waals surface area (Å²) < 4.78 is 28.8. The van der Waals surface area contributed by atoms with Gasteiger partial charge in [-0.25, -0.2) is 23.3 Å². The van der Waals surface area contributed by atoms with E-state index in [1.54, 1.807) is 46.3 Å². The first-order chi connectivity index (χ1) is 19.2. The Hall–Kier alpha value is -5.00. The van der Waals surface area contributed by atoms with Crippen LogP contribution >= 0.6 is 0 Å². The third kappa shape index (κ3) is 4.57. The maximum Gasteiger partial charge on any atom is 0.293 e. The lowest BCUT2D eigenvalue weighted by Gasteiger charge is -2.46. The number of imidazole rings is 1. The molecule has 3 aromatic heterocycles. The molecule has 1 saturated heterocycles. The quantitative estimate of drug-likeness (QED) is 0.369. The SMILES string of the molecule is CC1(C)CN(C(=O)c2nc[nH]n2)CCN1C(=O)c1cn2nc(-c3ccc(F)cc3)cc(-c3ccc(F)cc3)c2n1. The maximum absolute atomic E-state index is 13.8. The highest BCUT2D eigenvalue weighted by Gasteiger charge is 2.40. The van der Waals surface area contributed by atoms with Crippen LogP contribution in [0.2, 0.25) is 0 Å².